The van der Waals surface area contributed by atoms with E-state index in [1.807, 2.05) is 22.6 Å². The van der Waals surface area contributed by atoms with Crippen LogP contribution in [0.25, 0.3) is 0 Å². The summed E-state index contributed by atoms with van der Waals surface area (Å²) in [4.78, 5) is 23.5. The van der Waals surface area contributed by atoms with Crippen molar-refractivity contribution in [3.05, 3.63) is 51.3 Å². The van der Waals surface area contributed by atoms with E-state index in [0.717, 1.165) is 0 Å². The van der Waals surface area contributed by atoms with Gasteiger partial charge in [0.05, 0.1) is 22.1 Å². The Morgan fingerprint density at radius 1 is 1.30 bits per heavy atom. The number of benzene rings is 2. The van der Waals surface area contributed by atoms with E-state index in [9.17, 15) is 19.1 Å². The molecule has 27 heavy (non-hydrogen) atoms. The Morgan fingerprint density at radius 2 is 2.04 bits per heavy atom. The number of rotatable bonds is 7. The minimum absolute atomic E-state index is 0.000855. The lowest BCUT2D eigenvalue weighted by Gasteiger charge is -2.08. The summed E-state index contributed by atoms with van der Waals surface area (Å²) in [5, 5.41) is 16.0. The Hall–Kier alpha value is -2.69. The van der Waals surface area contributed by atoms with Crippen LogP contribution in [0.3, 0.4) is 0 Å². The maximum absolute atomic E-state index is 13.5. The molecule has 0 bridgehead atoms. The summed E-state index contributed by atoms with van der Waals surface area (Å²) in [6, 6.07) is 8.88. The lowest BCUT2D eigenvalue weighted by atomic mass is 10.2. The number of amides is 2. The number of hydrogen-bond donors (Lipinski definition) is 3. The van der Waals surface area contributed by atoms with Gasteiger partial charge < -0.3 is 15.2 Å². The third-order valence-electron chi connectivity index (χ3n) is 3.22. The summed E-state index contributed by atoms with van der Waals surface area (Å²) < 4.78 is 19.3. The summed E-state index contributed by atoms with van der Waals surface area (Å²) in [6.07, 6.45) is 0.847. The number of hydrazone groups is 1. The lowest BCUT2D eigenvalue weighted by molar-refractivity contribution is -0.126. The van der Waals surface area contributed by atoms with Crippen molar-refractivity contribution in [3.63, 3.8) is 0 Å². The predicted molar refractivity (Wildman–Crippen MR) is 107 cm³/mol. The van der Waals surface area contributed by atoms with Crippen molar-refractivity contribution in [2.75, 3.05) is 11.9 Å². The molecule has 2 aromatic rings. The zero-order valence-corrected chi connectivity index (χ0v) is 16.5. The number of para-hydroxylation sites is 1. The molecular formula is C18H17FIN3O4. The average molecular weight is 485 g/mol. The quantitative estimate of drug-likeness (QED) is 0.243. The molecule has 0 heterocycles. The molecule has 9 heteroatoms. The van der Waals surface area contributed by atoms with Crippen molar-refractivity contribution in [1.29, 1.82) is 0 Å². The molecule has 0 aliphatic heterocycles. The van der Waals surface area contributed by atoms with Crippen LogP contribution in [0.15, 0.2) is 41.5 Å². The zero-order chi connectivity index (χ0) is 19.8. The number of aromatic hydroxyl groups is 1. The third-order valence-corrected chi connectivity index (χ3v) is 4.04. The number of phenolic OH excluding ortho intramolecular Hbond substituents is 1. The molecule has 0 saturated heterocycles. The van der Waals surface area contributed by atoms with Gasteiger partial charge in [-0.05, 0) is 59.3 Å². The van der Waals surface area contributed by atoms with Crippen molar-refractivity contribution in [1.82, 2.24) is 5.43 Å². The molecule has 0 aliphatic rings. The minimum atomic E-state index is -0.661. The molecule has 0 aromatic heterocycles. The SMILES string of the molecule is CCOc1cc(/C=N/NC(=O)CC(=O)Nc2ccccc2F)cc(I)c1O. The molecule has 142 valence electrons. The average Bonchev–Trinajstić information content (AvgIpc) is 2.61. The molecule has 0 fully saturated rings. The van der Waals surface area contributed by atoms with Crippen LogP contribution in [0, 0.1) is 9.39 Å². The van der Waals surface area contributed by atoms with Gasteiger partial charge in [-0.2, -0.15) is 5.10 Å². The van der Waals surface area contributed by atoms with Crippen molar-refractivity contribution < 1.29 is 23.8 Å². The summed E-state index contributed by atoms with van der Waals surface area (Å²) in [7, 11) is 0. The Morgan fingerprint density at radius 3 is 2.74 bits per heavy atom. The van der Waals surface area contributed by atoms with Crippen LogP contribution in [0.1, 0.15) is 18.9 Å². The van der Waals surface area contributed by atoms with Crippen LogP contribution in [-0.2, 0) is 9.59 Å². The van der Waals surface area contributed by atoms with Crippen molar-refractivity contribution in [3.8, 4) is 11.5 Å². The number of ether oxygens (including phenoxy) is 1. The van der Waals surface area contributed by atoms with E-state index < -0.39 is 24.1 Å². The summed E-state index contributed by atoms with van der Waals surface area (Å²) >= 11 is 1.95. The highest BCUT2D eigenvalue weighted by Crippen LogP contribution is 2.32. The highest BCUT2D eigenvalue weighted by atomic mass is 127. The van der Waals surface area contributed by atoms with Gasteiger partial charge >= 0.3 is 0 Å². The topological polar surface area (TPSA) is 100 Å². The normalized spacial score (nSPS) is 10.6. The molecule has 7 nitrogen and oxygen atoms in total. The van der Waals surface area contributed by atoms with Crippen LogP contribution in [0.2, 0.25) is 0 Å². The fraction of sp³-hybridized carbons (Fsp3) is 0.167. The van der Waals surface area contributed by atoms with Gasteiger partial charge in [-0.15, -0.1) is 0 Å². The number of phenols is 1. The minimum Gasteiger partial charge on any atom is -0.504 e. The molecule has 2 amide bonds. The molecule has 0 saturated carbocycles. The van der Waals surface area contributed by atoms with Crippen LogP contribution < -0.4 is 15.5 Å². The number of anilines is 1. The Bertz CT molecular complexity index is 874. The maximum Gasteiger partial charge on any atom is 0.249 e. The van der Waals surface area contributed by atoms with Gasteiger partial charge in [-0.25, -0.2) is 9.82 Å². The fourth-order valence-electron chi connectivity index (χ4n) is 2.05. The molecule has 0 atom stereocenters. The van der Waals surface area contributed by atoms with E-state index in [2.05, 4.69) is 15.8 Å². The molecule has 0 aliphatic carbocycles. The van der Waals surface area contributed by atoms with E-state index in [0.29, 0.717) is 21.5 Å². The van der Waals surface area contributed by atoms with Gasteiger partial charge in [0.2, 0.25) is 11.8 Å². The number of nitrogens with one attached hydrogen (secondary N) is 2. The van der Waals surface area contributed by atoms with Crippen LogP contribution in [0.5, 0.6) is 11.5 Å². The first-order chi connectivity index (χ1) is 12.9. The van der Waals surface area contributed by atoms with Crippen LogP contribution in [0.4, 0.5) is 10.1 Å². The smallest absolute Gasteiger partial charge is 0.249 e. The first-order valence-corrected chi connectivity index (χ1v) is 9.00. The van der Waals surface area contributed by atoms with Gasteiger partial charge in [-0.3, -0.25) is 9.59 Å². The number of carbonyl (C=O) groups excluding carboxylic acids is 2. The number of hydrogen-bond acceptors (Lipinski definition) is 5. The highest BCUT2D eigenvalue weighted by Gasteiger charge is 2.11. The second-order valence-corrected chi connectivity index (χ2v) is 6.44. The van der Waals surface area contributed by atoms with Crippen LogP contribution >= 0.6 is 22.6 Å². The summed E-state index contributed by atoms with van der Waals surface area (Å²) in [5.74, 6) is -1.56. The summed E-state index contributed by atoms with van der Waals surface area (Å²) in [5.41, 5.74) is 2.81. The monoisotopic (exact) mass is 485 g/mol. The van der Waals surface area contributed by atoms with E-state index in [1.54, 1.807) is 25.1 Å². The van der Waals surface area contributed by atoms with Gasteiger partial charge in [0.15, 0.2) is 11.5 Å². The van der Waals surface area contributed by atoms with E-state index in [-0.39, 0.29) is 11.4 Å². The summed E-state index contributed by atoms with van der Waals surface area (Å²) in [6.45, 7) is 2.18. The first-order valence-electron chi connectivity index (χ1n) is 7.92. The largest absolute Gasteiger partial charge is 0.504 e. The fourth-order valence-corrected chi connectivity index (χ4v) is 2.68. The zero-order valence-electron chi connectivity index (χ0n) is 14.3. The van der Waals surface area contributed by atoms with Gasteiger partial charge in [0, 0.05) is 0 Å². The third kappa shape index (κ3) is 6.20. The van der Waals surface area contributed by atoms with Crippen molar-refractivity contribution in [2.24, 2.45) is 5.10 Å². The standard InChI is InChI=1S/C18H17FIN3O4/c1-2-27-15-8-11(7-13(20)18(15)26)10-21-23-17(25)9-16(24)22-14-6-4-3-5-12(14)19/h3-8,10,26H,2,9H2,1H3,(H,22,24)(H,23,25)/b21-10+. The second-order valence-electron chi connectivity index (χ2n) is 5.28. The Balaban J connectivity index is 1.91. The molecule has 0 radical (unpaired) electrons. The Kier molecular flexibility index (Phi) is 7.53. The van der Waals surface area contributed by atoms with Crippen molar-refractivity contribution >= 4 is 46.3 Å². The number of halogens is 2. The van der Waals surface area contributed by atoms with Gasteiger partial charge in [-0.1, -0.05) is 12.1 Å². The van der Waals surface area contributed by atoms with Gasteiger partial charge in [0.25, 0.3) is 0 Å². The molecule has 2 rings (SSSR count). The second kappa shape index (κ2) is 9.86. The maximum atomic E-state index is 13.5. The van der Waals surface area contributed by atoms with E-state index in [4.69, 9.17) is 4.74 Å². The molecule has 3 N–H and O–H groups in total. The molecular weight excluding hydrogens is 468 g/mol. The molecule has 0 spiro atoms. The van der Waals surface area contributed by atoms with E-state index >= 15 is 0 Å². The van der Waals surface area contributed by atoms with Crippen molar-refractivity contribution in [2.45, 2.75) is 13.3 Å². The van der Waals surface area contributed by atoms with E-state index in [1.165, 1.54) is 24.4 Å². The molecule has 2 aromatic carbocycles. The Labute approximate surface area is 168 Å². The van der Waals surface area contributed by atoms with Crippen LogP contribution in [-0.4, -0.2) is 29.7 Å². The first kappa shape index (κ1) is 20.6. The highest BCUT2D eigenvalue weighted by molar-refractivity contribution is 14.1. The predicted octanol–water partition coefficient (Wildman–Crippen LogP) is 3.01. The number of nitrogens with zero attached hydrogens (tertiary/aromatic N) is 1. The van der Waals surface area contributed by atoms with Gasteiger partial charge in [0.1, 0.15) is 12.2 Å². The number of carbonyl (C=O) groups is 2. The lowest BCUT2D eigenvalue weighted by Crippen LogP contribution is -2.24. The molecule has 0 unspecified atom stereocenters.